The van der Waals surface area contributed by atoms with Gasteiger partial charge in [-0.2, -0.15) is 5.10 Å². The number of aromatic nitrogens is 2. The molecule has 0 unspecified atom stereocenters. The summed E-state index contributed by atoms with van der Waals surface area (Å²) in [6.07, 6.45) is 5.49. The first-order valence-corrected chi connectivity index (χ1v) is 6.52. The van der Waals surface area contributed by atoms with Gasteiger partial charge in [-0.05, 0) is 39.3 Å². The molecule has 1 aromatic rings. The number of nitrogens with one attached hydrogen (secondary N) is 1. The van der Waals surface area contributed by atoms with Crippen molar-refractivity contribution in [3.05, 3.63) is 30.0 Å². The molecule has 1 aliphatic rings. The second-order valence-corrected chi connectivity index (χ2v) is 5.69. The lowest BCUT2D eigenvalue weighted by molar-refractivity contribution is 0.420. The molecule has 0 amide bonds. The summed E-state index contributed by atoms with van der Waals surface area (Å²) in [5, 5.41) is 12.0. The second kappa shape index (κ2) is 5.48. The van der Waals surface area contributed by atoms with Crippen molar-refractivity contribution in [2.75, 3.05) is 18.0 Å². The average Bonchev–Trinajstić information content (AvgIpc) is 2.37. The fourth-order valence-corrected chi connectivity index (χ4v) is 1.82. The highest BCUT2D eigenvalue weighted by Crippen LogP contribution is 2.13. The molecular weight excluding hydrogens is 224 g/mol. The summed E-state index contributed by atoms with van der Waals surface area (Å²) < 4.78 is 0. The summed E-state index contributed by atoms with van der Waals surface area (Å²) in [7, 11) is 0. The molecule has 0 saturated heterocycles. The second-order valence-electron chi connectivity index (χ2n) is 5.69. The van der Waals surface area contributed by atoms with E-state index in [0.717, 1.165) is 37.6 Å². The Kier molecular flexibility index (Phi) is 3.97. The maximum absolute atomic E-state index is 4.31. The third kappa shape index (κ3) is 3.81. The molecule has 0 aromatic carbocycles. The Morgan fingerprint density at radius 1 is 1.22 bits per heavy atom. The predicted molar refractivity (Wildman–Crippen MR) is 74.6 cm³/mol. The van der Waals surface area contributed by atoms with E-state index in [1.807, 2.05) is 0 Å². The summed E-state index contributed by atoms with van der Waals surface area (Å²) in [4.78, 5) is 2.24. The summed E-state index contributed by atoms with van der Waals surface area (Å²) >= 11 is 0. The number of rotatable bonds is 3. The zero-order valence-electron chi connectivity index (χ0n) is 11.5. The van der Waals surface area contributed by atoms with Gasteiger partial charge in [0.15, 0.2) is 5.82 Å². The molecule has 98 valence electrons. The number of nitrogens with zero attached hydrogens (tertiary/aromatic N) is 3. The number of anilines is 1. The van der Waals surface area contributed by atoms with Gasteiger partial charge >= 0.3 is 0 Å². The van der Waals surface area contributed by atoms with Crippen LogP contribution in [0.25, 0.3) is 0 Å². The molecule has 0 radical (unpaired) electrons. The first-order valence-electron chi connectivity index (χ1n) is 6.52. The number of hydrogen-bond donors (Lipinski definition) is 1. The third-order valence-electron chi connectivity index (χ3n) is 2.89. The molecule has 1 aromatic heterocycles. The van der Waals surface area contributed by atoms with Crippen LogP contribution in [0.3, 0.4) is 0 Å². The maximum atomic E-state index is 4.31. The molecule has 0 bridgehead atoms. The molecule has 1 N–H and O–H groups in total. The average molecular weight is 246 g/mol. The van der Waals surface area contributed by atoms with Crippen LogP contribution >= 0.6 is 0 Å². The van der Waals surface area contributed by atoms with Crippen molar-refractivity contribution in [3.8, 4) is 0 Å². The Morgan fingerprint density at radius 2 is 2.06 bits per heavy atom. The van der Waals surface area contributed by atoms with Crippen LogP contribution in [0.4, 0.5) is 5.82 Å². The lowest BCUT2D eigenvalue weighted by atomic mass is 10.1. The minimum atomic E-state index is 0.109. The zero-order chi connectivity index (χ0) is 13.0. The molecule has 0 aliphatic carbocycles. The maximum Gasteiger partial charge on any atom is 0.151 e. The largest absolute Gasteiger partial charge is 0.351 e. The molecule has 4 nitrogen and oxygen atoms in total. The monoisotopic (exact) mass is 246 g/mol. The Labute approximate surface area is 109 Å². The van der Waals surface area contributed by atoms with Crippen LogP contribution in [-0.4, -0.2) is 28.8 Å². The van der Waals surface area contributed by atoms with Crippen molar-refractivity contribution in [1.29, 1.82) is 0 Å². The van der Waals surface area contributed by atoms with E-state index in [1.54, 1.807) is 0 Å². The number of hydrogen-bond acceptors (Lipinski definition) is 4. The van der Waals surface area contributed by atoms with Crippen LogP contribution in [0.1, 0.15) is 32.9 Å². The highest BCUT2D eigenvalue weighted by Gasteiger charge is 2.11. The van der Waals surface area contributed by atoms with E-state index in [1.165, 1.54) is 0 Å². The van der Waals surface area contributed by atoms with Crippen molar-refractivity contribution in [2.45, 2.75) is 39.3 Å². The van der Waals surface area contributed by atoms with Gasteiger partial charge in [0.1, 0.15) is 0 Å². The van der Waals surface area contributed by atoms with Crippen molar-refractivity contribution >= 4 is 5.82 Å². The van der Waals surface area contributed by atoms with E-state index in [4.69, 9.17) is 0 Å². The minimum Gasteiger partial charge on any atom is -0.351 e. The van der Waals surface area contributed by atoms with E-state index in [0.29, 0.717) is 0 Å². The van der Waals surface area contributed by atoms with Crippen LogP contribution in [0.15, 0.2) is 24.3 Å². The Hall–Kier alpha value is -1.42. The van der Waals surface area contributed by atoms with Gasteiger partial charge in [-0.3, -0.25) is 0 Å². The molecule has 1 aliphatic heterocycles. The van der Waals surface area contributed by atoms with Gasteiger partial charge in [-0.1, -0.05) is 12.2 Å². The highest BCUT2D eigenvalue weighted by atomic mass is 15.3. The molecule has 4 heteroatoms. The Morgan fingerprint density at radius 3 is 2.61 bits per heavy atom. The first kappa shape index (κ1) is 13.0. The normalized spacial score (nSPS) is 16.1. The molecule has 0 fully saturated rings. The van der Waals surface area contributed by atoms with Crippen LogP contribution in [0.2, 0.25) is 0 Å². The van der Waals surface area contributed by atoms with Gasteiger partial charge in [0, 0.05) is 25.2 Å². The van der Waals surface area contributed by atoms with Gasteiger partial charge in [0.05, 0.1) is 5.69 Å². The van der Waals surface area contributed by atoms with E-state index in [9.17, 15) is 0 Å². The van der Waals surface area contributed by atoms with Crippen LogP contribution in [-0.2, 0) is 6.54 Å². The van der Waals surface area contributed by atoms with Crippen LogP contribution in [0.5, 0.6) is 0 Å². The van der Waals surface area contributed by atoms with Crippen molar-refractivity contribution in [2.24, 2.45) is 0 Å². The molecule has 0 spiro atoms. The smallest absolute Gasteiger partial charge is 0.151 e. The third-order valence-corrected chi connectivity index (χ3v) is 2.89. The van der Waals surface area contributed by atoms with Crippen molar-refractivity contribution in [3.63, 3.8) is 0 Å². The standard InChI is InChI=1S/C14H22N4/c1-14(2,3)15-11-12-7-8-13(17-16-12)18-9-5-4-6-10-18/h4-5,7-8,15H,6,9-11H2,1-3H3. The first-order chi connectivity index (χ1) is 8.54. The molecule has 2 heterocycles. The van der Waals surface area contributed by atoms with Gasteiger partial charge < -0.3 is 10.2 Å². The minimum absolute atomic E-state index is 0.109. The van der Waals surface area contributed by atoms with Gasteiger partial charge in [0.2, 0.25) is 0 Å². The van der Waals surface area contributed by atoms with Crippen molar-refractivity contribution < 1.29 is 0 Å². The van der Waals surface area contributed by atoms with E-state index in [2.05, 4.69) is 65.5 Å². The summed E-state index contributed by atoms with van der Waals surface area (Å²) in [5.74, 6) is 0.971. The topological polar surface area (TPSA) is 41.0 Å². The van der Waals surface area contributed by atoms with Gasteiger partial charge in [0.25, 0.3) is 0 Å². The molecule has 0 atom stereocenters. The van der Waals surface area contributed by atoms with Crippen LogP contribution in [0, 0.1) is 0 Å². The Bertz CT molecular complexity index is 403. The van der Waals surface area contributed by atoms with Gasteiger partial charge in [-0.25, -0.2) is 0 Å². The predicted octanol–water partition coefficient (Wildman–Crippen LogP) is 2.13. The lowest BCUT2D eigenvalue weighted by Crippen LogP contribution is -2.35. The highest BCUT2D eigenvalue weighted by molar-refractivity contribution is 5.39. The zero-order valence-corrected chi connectivity index (χ0v) is 11.5. The van der Waals surface area contributed by atoms with E-state index >= 15 is 0 Å². The lowest BCUT2D eigenvalue weighted by Gasteiger charge is -2.24. The van der Waals surface area contributed by atoms with E-state index < -0.39 is 0 Å². The SMILES string of the molecule is CC(C)(C)NCc1ccc(N2CC=CCC2)nn1. The fraction of sp³-hybridized carbons (Fsp3) is 0.571. The molecule has 0 saturated carbocycles. The van der Waals surface area contributed by atoms with Gasteiger partial charge in [-0.15, -0.1) is 5.10 Å². The molecule has 2 rings (SSSR count). The summed E-state index contributed by atoms with van der Waals surface area (Å²) in [5.41, 5.74) is 1.10. The van der Waals surface area contributed by atoms with Crippen LogP contribution < -0.4 is 10.2 Å². The van der Waals surface area contributed by atoms with Crippen molar-refractivity contribution in [1.82, 2.24) is 15.5 Å². The molecular formula is C14H22N4. The summed E-state index contributed by atoms with van der Waals surface area (Å²) in [6, 6.07) is 4.12. The van der Waals surface area contributed by atoms with E-state index in [-0.39, 0.29) is 5.54 Å². The Balaban J connectivity index is 1.95. The summed E-state index contributed by atoms with van der Waals surface area (Å²) in [6.45, 7) is 9.17. The molecule has 18 heavy (non-hydrogen) atoms. The quantitative estimate of drug-likeness (QED) is 0.830. The fourth-order valence-electron chi connectivity index (χ4n) is 1.82.